The van der Waals surface area contributed by atoms with E-state index in [1.807, 2.05) is 24.3 Å². The second-order valence-corrected chi connectivity index (χ2v) is 3.22. The highest BCUT2D eigenvalue weighted by Gasteiger charge is 2.04. The normalized spacial score (nSPS) is 12.5. The number of nitrogens with two attached hydrogens (primary N) is 1. The van der Waals surface area contributed by atoms with Crippen LogP contribution in [0.3, 0.4) is 0 Å². The zero-order valence-corrected chi connectivity index (χ0v) is 8.85. The molecule has 15 heavy (non-hydrogen) atoms. The zero-order chi connectivity index (χ0) is 11.1. The van der Waals surface area contributed by atoms with Gasteiger partial charge in [-0.15, -0.1) is 0 Å². The van der Waals surface area contributed by atoms with E-state index >= 15 is 0 Å². The van der Waals surface area contributed by atoms with Crippen molar-refractivity contribution in [1.29, 1.82) is 0 Å². The van der Waals surface area contributed by atoms with Gasteiger partial charge in [0.1, 0.15) is 5.75 Å². The lowest BCUT2D eigenvalue weighted by Gasteiger charge is -2.11. The Bertz CT molecular complexity index is 291. The van der Waals surface area contributed by atoms with E-state index < -0.39 is 6.10 Å². The molecule has 1 aromatic rings. The van der Waals surface area contributed by atoms with Gasteiger partial charge < -0.3 is 20.3 Å². The van der Waals surface area contributed by atoms with E-state index in [4.69, 9.17) is 15.2 Å². The van der Waals surface area contributed by atoms with Gasteiger partial charge in [0, 0.05) is 12.1 Å². The maximum atomic E-state index is 9.18. The number of ether oxygens (including phenoxy) is 2. The Labute approximate surface area is 89.6 Å². The molecular formula is C11H17NO3. The maximum Gasteiger partial charge on any atom is 0.124 e. The molecule has 1 aromatic carbocycles. The van der Waals surface area contributed by atoms with Gasteiger partial charge in [0.05, 0.1) is 26.4 Å². The molecular weight excluding hydrogens is 194 g/mol. The third kappa shape index (κ3) is 3.87. The van der Waals surface area contributed by atoms with Crippen LogP contribution in [0.5, 0.6) is 5.75 Å². The Morgan fingerprint density at radius 3 is 2.80 bits per heavy atom. The van der Waals surface area contributed by atoms with Gasteiger partial charge in [0.2, 0.25) is 0 Å². The lowest BCUT2D eigenvalue weighted by molar-refractivity contribution is 0.0322. The Balaban J connectivity index is 2.43. The summed E-state index contributed by atoms with van der Waals surface area (Å²) in [5.41, 5.74) is 6.22. The van der Waals surface area contributed by atoms with Crippen molar-refractivity contribution in [2.75, 3.05) is 20.3 Å². The van der Waals surface area contributed by atoms with E-state index in [1.54, 1.807) is 7.11 Å². The minimum Gasteiger partial charge on any atom is -0.496 e. The SMILES string of the molecule is COc1ccccc1COC[C@@H](O)CN. The number of rotatable bonds is 6. The summed E-state index contributed by atoms with van der Waals surface area (Å²) in [5.74, 6) is 0.791. The molecule has 4 heteroatoms. The number of aliphatic hydroxyl groups is 1. The van der Waals surface area contributed by atoms with Crippen molar-refractivity contribution < 1.29 is 14.6 Å². The van der Waals surface area contributed by atoms with E-state index in [-0.39, 0.29) is 13.2 Å². The van der Waals surface area contributed by atoms with Crippen LogP contribution in [0.1, 0.15) is 5.56 Å². The zero-order valence-electron chi connectivity index (χ0n) is 8.85. The Morgan fingerprint density at radius 1 is 1.40 bits per heavy atom. The van der Waals surface area contributed by atoms with Crippen molar-refractivity contribution >= 4 is 0 Å². The van der Waals surface area contributed by atoms with E-state index in [0.29, 0.717) is 6.61 Å². The first-order valence-corrected chi connectivity index (χ1v) is 4.85. The van der Waals surface area contributed by atoms with Crippen molar-refractivity contribution in [2.24, 2.45) is 5.73 Å². The van der Waals surface area contributed by atoms with Gasteiger partial charge in [-0.05, 0) is 6.07 Å². The minimum absolute atomic E-state index is 0.214. The largest absolute Gasteiger partial charge is 0.496 e. The molecule has 1 atom stereocenters. The van der Waals surface area contributed by atoms with Gasteiger partial charge in [0.15, 0.2) is 0 Å². The summed E-state index contributed by atoms with van der Waals surface area (Å²) >= 11 is 0. The number of para-hydroxylation sites is 1. The molecule has 3 N–H and O–H groups in total. The van der Waals surface area contributed by atoms with E-state index in [0.717, 1.165) is 11.3 Å². The van der Waals surface area contributed by atoms with Crippen LogP contribution in [-0.4, -0.2) is 31.5 Å². The molecule has 0 aliphatic heterocycles. The second kappa shape index (κ2) is 6.40. The highest BCUT2D eigenvalue weighted by Crippen LogP contribution is 2.17. The van der Waals surface area contributed by atoms with Gasteiger partial charge in [0.25, 0.3) is 0 Å². The Kier molecular flexibility index (Phi) is 5.10. The highest BCUT2D eigenvalue weighted by molar-refractivity contribution is 5.32. The predicted octanol–water partition coefficient (Wildman–Crippen LogP) is 0.531. The Hall–Kier alpha value is -1.10. The van der Waals surface area contributed by atoms with Gasteiger partial charge in [-0.1, -0.05) is 18.2 Å². The van der Waals surface area contributed by atoms with E-state index in [2.05, 4.69) is 0 Å². The van der Waals surface area contributed by atoms with E-state index in [1.165, 1.54) is 0 Å². The summed E-state index contributed by atoms with van der Waals surface area (Å²) in [6, 6.07) is 7.61. The number of hydrogen-bond acceptors (Lipinski definition) is 4. The van der Waals surface area contributed by atoms with Crippen LogP contribution < -0.4 is 10.5 Å². The summed E-state index contributed by atoms with van der Waals surface area (Å²) in [6.45, 7) is 0.877. The summed E-state index contributed by atoms with van der Waals surface area (Å²) in [5, 5.41) is 9.18. The summed E-state index contributed by atoms with van der Waals surface area (Å²) in [6.07, 6.45) is -0.597. The molecule has 0 unspecified atom stereocenters. The first-order chi connectivity index (χ1) is 7.27. The first kappa shape index (κ1) is 12.0. The van der Waals surface area contributed by atoms with Crippen LogP contribution in [0.2, 0.25) is 0 Å². The van der Waals surface area contributed by atoms with Gasteiger partial charge in [-0.2, -0.15) is 0 Å². The van der Waals surface area contributed by atoms with Crippen LogP contribution in [0.15, 0.2) is 24.3 Å². The van der Waals surface area contributed by atoms with Crippen LogP contribution in [0.25, 0.3) is 0 Å². The van der Waals surface area contributed by atoms with Gasteiger partial charge in [-0.25, -0.2) is 0 Å². The Morgan fingerprint density at radius 2 is 2.13 bits per heavy atom. The molecule has 0 aliphatic rings. The minimum atomic E-state index is -0.597. The number of hydrogen-bond donors (Lipinski definition) is 2. The van der Waals surface area contributed by atoms with Crippen molar-refractivity contribution in [2.45, 2.75) is 12.7 Å². The van der Waals surface area contributed by atoms with Crippen LogP contribution in [-0.2, 0) is 11.3 Å². The highest BCUT2D eigenvalue weighted by atomic mass is 16.5. The third-order valence-corrected chi connectivity index (χ3v) is 2.03. The molecule has 0 radical (unpaired) electrons. The third-order valence-electron chi connectivity index (χ3n) is 2.03. The average Bonchev–Trinajstić information content (AvgIpc) is 2.29. The van der Waals surface area contributed by atoms with Crippen molar-refractivity contribution in [3.05, 3.63) is 29.8 Å². The standard InChI is InChI=1S/C11H17NO3/c1-14-11-5-3-2-4-9(11)7-15-8-10(13)6-12/h2-5,10,13H,6-8,12H2,1H3/t10-/m0/s1. The van der Waals surface area contributed by atoms with Crippen molar-refractivity contribution in [1.82, 2.24) is 0 Å². The molecule has 0 fully saturated rings. The first-order valence-electron chi connectivity index (χ1n) is 4.85. The number of methoxy groups -OCH3 is 1. The molecule has 0 spiro atoms. The second-order valence-electron chi connectivity index (χ2n) is 3.22. The molecule has 0 aromatic heterocycles. The maximum absolute atomic E-state index is 9.18. The van der Waals surface area contributed by atoms with Crippen molar-refractivity contribution in [3.63, 3.8) is 0 Å². The van der Waals surface area contributed by atoms with Crippen LogP contribution >= 0.6 is 0 Å². The number of aliphatic hydroxyl groups excluding tert-OH is 1. The smallest absolute Gasteiger partial charge is 0.124 e. The topological polar surface area (TPSA) is 64.7 Å². The van der Waals surface area contributed by atoms with Gasteiger partial charge >= 0.3 is 0 Å². The van der Waals surface area contributed by atoms with Crippen LogP contribution in [0.4, 0.5) is 0 Å². The fourth-order valence-electron chi connectivity index (χ4n) is 1.20. The van der Waals surface area contributed by atoms with Crippen LogP contribution in [0, 0.1) is 0 Å². The molecule has 84 valence electrons. The fourth-order valence-corrected chi connectivity index (χ4v) is 1.20. The lowest BCUT2D eigenvalue weighted by atomic mass is 10.2. The lowest BCUT2D eigenvalue weighted by Crippen LogP contribution is -2.25. The summed E-state index contributed by atoms with van der Waals surface area (Å²) < 4.78 is 10.5. The molecule has 0 aliphatic carbocycles. The summed E-state index contributed by atoms with van der Waals surface area (Å²) in [7, 11) is 1.62. The molecule has 1 rings (SSSR count). The average molecular weight is 211 g/mol. The molecule has 0 heterocycles. The quantitative estimate of drug-likeness (QED) is 0.720. The molecule has 0 bridgehead atoms. The molecule has 0 saturated heterocycles. The van der Waals surface area contributed by atoms with Gasteiger partial charge in [-0.3, -0.25) is 0 Å². The van der Waals surface area contributed by atoms with Crippen molar-refractivity contribution in [3.8, 4) is 5.75 Å². The molecule has 4 nitrogen and oxygen atoms in total. The number of benzene rings is 1. The predicted molar refractivity (Wildman–Crippen MR) is 57.7 cm³/mol. The molecule has 0 saturated carbocycles. The van der Waals surface area contributed by atoms with E-state index in [9.17, 15) is 5.11 Å². The monoisotopic (exact) mass is 211 g/mol. The fraction of sp³-hybridized carbons (Fsp3) is 0.455. The summed E-state index contributed by atoms with van der Waals surface area (Å²) in [4.78, 5) is 0. The molecule has 0 amide bonds.